The summed E-state index contributed by atoms with van der Waals surface area (Å²) >= 11 is 7.22. The number of thiocarbonyl (C=S) groups is 1. The minimum atomic E-state index is -1.07. The molecule has 6 nitrogen and oxygen atoms in total. The van der Waals surface area contributed by atoms with E-state index in [0.717, 1.165) is 3.57 Å². The summed E-state index contributed by atoms with van der Waals surface area (Å²) in [5, 5.41) is 14.4. The number of halogens is 1. The Labute approximate surface area is 157 Å². The highest BCUT2D eigenvalue weighted by molar-refractivity contribution is 14.1. The Morgan fingerprint density at radius 2 is 1.92 bits per heavy atom. The second-order valence-corrected chi connectivity index (χ2v) is 6.29. The minimum absolute atomic E-state index is 0.0414. The summed E-state index contributed by atoms with van der Waals surface area (Å²) in [4.78, 5) is 23.2. The Kier molecular flexibility index (Phi) is 6.10. The molecule has 1 amide bonds. The van der Waals surface area contributed by atoms with Crippen LogP contribution in [0.25, 0.3) is 0 Å². The number of anilines is 1. The smallest absolute Gasteiger partial charge is 0.335 e. The molecule has 0 bridgehead atoms. The number of hydrogen-bond acceptors (Lipinski definition) is 4. The van der Waals surface area contributed by atoms with Crippen molar-refractivity contribution >= 4 is 57.5 Å². The van der Waals surface area contributed by atoms with Crippen LogP contribution in [0.5, 0.6) is 5.75 Å². The SMILES string of the molecule is COc1ccc(C(=O)O)cc1NC(=S)NC(=O)c1cccc(I)c1. The first-order valence-corrected chi connectivity index (χ1v) is 8.18. The van der Waals surface area contributed by atoms with E-state index in [9.17, 15) is 9.59 Å². The lowest BCUT2D eigenvalue weighted by Gasteiger charge is -2.13. The van der Waals surface area contributed by atoms with Crippen molar-refractivity contribution in [3.05, 3.63) is 57.2 Å². The maximum atomic E-state index is 12.2. The van der Waals surface area contributed by atoms with Gasteiger partial charge in [0, 0.05) is 9.13 Å². The van der Waals surface area contributed by atoms with Gasteiger partial charge in [0.2, 0.25) is 0 Å². The molecule has 0 saturated heterocycles. The van der Waals surface area contributed by atoms with Gasteiger partial charge in [-0.3, -0.25) is 10.1 Å². The standard InChI is InChI=1S/C16H13IN2O4S/c1-23-13-6-5-10(15(21)22)8-12(13)18-16(24)19-14(20)9-3-2-4-11(17)7-9/h2-8H,1H3,(H,21,22)(H2,18,19,20,24). The van der Waals surface area contributed by atoms with E-state index in [4.69, 9.17) is 22.1 Å². The summed E-state index contributed by atoms with van der Waals surface area (Å²) in [6, 6.07) is 11.3. The number of carbonyl (C=O) groups excluding carboxylic acids is 1. The van der Waals surface area contributed by atoms with Gasteiger partial charge in [0.15, 0.2) is 5.11 Å². The van der Waals surface area contributed by atoms with Crippen molar-refractivity contribution in [1.29, 1.82) is 0 Å². The molecule has 2 rings (SSSR count). The maximum absolute atomic E-state index is 12.2. The van der Waals surface area contributed by atoms with E-state index >= 15 is 0 Å². The highest BCUT2D eigenvalue weighted by atomic mass is 127. The van der Waals surface area contributed by atoms with Crippen molar-refractivity contribution in [3.63, 3.8) is 0 Å². The lowest BCUT2D eigenvalue weighted by atomic mass is 10.2. The Balaban J connectivity index is 2.13. The zero-order valence-electron chi connectivity index (χ0n) is 12.5. The first-order valence-electron chi connectivity index (χ1n) is 6.70. The molecule has 2 aromatic carbocycles. The topological polar surface area (TPSA) is 87.7 Å². The second-order valence-electron chi connectivity index (χ2n) is 4.64. The summed E-state index contributed by atoms with van der Waals surface area (Å²) in [6.45, 7) is 0. The third-order valence-electron chi connectivity index (χ3n) is 3.01. The Hall–Kier alpha value is -2.20. The van der Waals surface area contributed by atoms with Gasteiger partial charge in [0.1, 0.15) is 5.75 Å². The number of carboxylic acid groups (broad SMARTS) is 1. The van der Waals surface area contributed by atoms with E-state index in [-0.39, 0.29) is 16.6 Å². The molecule has 0 aromatic heterocycles. The largest absolute Gasteiger partial charge is 0.495 e. The Morgan fingerprint density at radius 3 is 2.54 bits per heavy atom. The van der Waals surface area contributed by atoms with Crippen LogP contribution in [0.15, 0.2) is 42.5 Å². The van der Waals surface area contributed by atoms with Crippen molar-refractivity contribution in [2.45, 2.75) is 0 Å². The molecule has 0 atom stereocenters. The van der Waals surface area contributed by atoms with Crippen molar-refractivity contribution in [2.75, 3.05) is 12.4 Å². The van der Waals surface area contributed by atoms with Gasteiger partial charge < -0.3 is 15.2 Å². The lowest BCUT2D eigenvalue weighted by molar-refractivity contribution is 0.0696. The average molecular weight is 456 g/mol. The number of aromatic carboxylic acids is 1. The molecular formula is C16H13IN2O4S. The van der Waals surface area contributed by atoms with Crippen LogP contribution in [-0.2, 0) is 0 Å². The van der Waals surface area contributed by atoms with Gasteiger partial charge in [0.05, 0.1) is 18.4 Å². The van der Waals surface area contributed by atoms with Crippen molar-refractivity contribution in [1.82, 2.24) is 5.32 Å². The lowest BCUT2D eigenvalue weighted by Crippen LogP contribution is -2.34. The van der Waals surface area contributed by atoms with E-state index in [1.165, 1.54) is 25.3 Å². The number of ether oxygens (including phenoxy) is 1. The van der Waals surface area contributed by atoms with Gasteiger partial charge >= 0.3 is 5.97 Å². The molecule has 8 heteroatoms. The number of amides is 1. The monoisotopic (exact) mass is 456 g/mol. The molecular weight excluding hydrogens is 443 g/mol. The predicted octanol–water partition coefficient (Wildman–Crippen LogP) is 3.12. The number of hydrogen-bond donors (Lipinski definition) is 3. The van der Waals surface area contributed by atoms with Gasteiger partial charge in [-0.05, 0) is 71.2 Å². The third kappa shape index (κ3) is 4.65. The average Bonchev–Trinajstić information content (AvgIpc) is 2.54. The molecule has 0 aliphatic rings. The molecule has 0 radical (unpaired) electrons. The number of benzene rings is 2. The molecule has 124 valence electrons. The number of carboxylic acids is 1. The number of nitrogens with one attached hydrogen (secondary N) is 2. The molecule has 24 heavy (non-hydrogen) atoms. The zero-order valence-corrected chi connectivity index (χ0v) is 15.5. The number of carbonyl (C=O) groups is 2. The van der Waals surface area contributed by atoms with Crippen LogP contribution in [-0.4, -0.2) is 29.2 Å². The highest BCUT2D eigenvalue weighted by Crippen LogP contribution is 2.25. The summed E-state index contributed by atoms with van der Waals surface area (Å²) < 4.78 is 6.08. The number of rotatable bonds is 4. The van der Waals surface area contributed by atoms with Crippen LogP contribution >= 0.6 is 34.8 Å². The van der Waals surface area contributed by atoms with Crippen LogP contribution in [0.4, 0.5) is 5.69 Å². The molecule has 3 N–H and O–H groups in total. The van der Waals surface area contributed by atoms with Crippen LogP contribution in [0.2, 0.25) is 0 Å². The van der Waals surface area contributed by atoms with E-state index in [0.29, 0.717) is 17.0 Å². The van der Waals surface area contributed by atoms with E-state index in [1.807, 2.05) is 6.07 Å². The molecule has 0 fully saturated rings. The fourth-order valence-electron chi connectivity index (χ4n) is 1.90. The summed E-state index contributed by atoms with van der Waals surface area (Å²) in [5.41, 5.74) is 0.896. The van der Waals surface area contributed by atoms with Crippen LogP contribution in [0.3, 0.4) is 0 Å². The van der Waals surface area contributed by atoms with Gasteiger partial charge in [-0.15, -0.1) is 0 Å². The van der Waals surface area contributed by atoms with E-state index in [1.54, 1.807) is 18.2 Å². The van der Waals surface area contributed by atoms with Gasteiger partial charge in [-0.1, -0.05) is 6.07 Å². The molecule has 0 spiro atoms. The van der Waals surface area contributed by atoms with E-state index < -0.39 is 5.97 Å². The number of methoxy groups -OCH3 is 1. The van der Waals surface area contributed by atoms with Crippen LogP contribution < -0.4 is 15.4 Å². The molecule has 0 saturated carbocycles. The van der Waals surface area contributed by atoms with Crippen LogP contribution in [0.1, 0.15) is 20.7 Å². The van der Waals surface area contributed by atoms with Crippen LogP contribution in [0, 0.1) is 3.57 Å². The van der Waals surface area contributed by atoms with Gasteiger partial charge in [-0.25, -0.2) is 4.79 Å². The summed E-state index contributed by atoms with van der Waals surface area (Å²) in [5.74, 6) is -1.03. The minimum Gasteiger partial charge on any atom is -0.495 e. The first kappa shape index (κ1) is 18.1. The molecule has 0 heterocycles. The molecule has 0 aliphatic heterocycles. The van der Waals surface area contributed by atoms with Crippen molar-refractivity contribution in [3.8, 4) is 5.75 Å². The highest BCUT2D eigenvalue weighted by Gasteiger charge is 2.12. The van der Waals surface area contributed by atoms with E-state index in [2.05, 4.69) is 33.2 Å². The normalized spacial score (nSPS) is 9.92. The van der Waals surface area contributed by atoms with Gasteiger partial charge in [-0.2, -0.15) is 0 Å². The third-order valence-corrected chi connectivity index (χ3v) is 3.88. The summed E-state index contributed by atoms with van der Waals surface area (Å²) in [6.07, 6.45) is 0. The Bertz CT molecular complexity index is 810. The molecule has 2 aromatic rings. The Morgan fingerprint density at radius 1 is 1.17 bits per heavy atom. The predicted molar refractivity (Wildman–Crippen MR) is 103 cm³/mol. The quantitative estimate of drug-likeness (QED) is 0.484. The zero-order chi connectivity index (χ0) is 17.7. The maximum Gasteiger partial charge on any atom is 0.335 e. The van der Waals surface area contributed by atoms with Gasteiger partial charge in [0.25, 0.3) is 5.91 Å². The van der Waals surface area contributed by atoms with Crippen molar-refractivity contribution < 1.29 is 19.4 Å². The fraction of sp³-hybridized carbons (Fsp3) is 0.0625. The van der Waals surface area contributed by atoms with Crippen molar-refractivity contribution in [2.24, 2.45) is 0 Å². The molecule has 0 aliphatic carbocycles. The molecule has 0 unspecified atom stereocenters. The first-order chi connectivity index (χ1) is 11.4. The fourth-order valence-corrected chi connectivity index (χ4v) is 2.64. The second kappa shape index (κ2) is 8.06. The summed E-state index contributed by atoms with van der Waals surface area (Å²) in [7, 11) is 1.45.